The summed E-state index contributed by atoms with van der Waals surface area (Å²) in [6.45, 7) is 0. The number of hydrogen-bond donors (Lipinski definition) is 0. The second-order valence-corrected chi connectivity index (χ2v) is 5.59. The monoisotopic (exact) mass is 374 g/mol. The molecule has 0 atom stereocenters. The fourth-order valence-electron chi connectivity index (χ4n) is 0.979. The van der Waals surface area contributed by atoms with Crippen LogP contribution in [-0.2, 0) is 0 Å². The van der Waals surface area contributed by atoms with E-state index in [0.717, 1.165) is 24.3 Å². The van der Waals surface area contributed by atoms with Crippen molar-refractivity contribution in [1.29, 1.82) is 0 Å². The summed E-state index contributed by atoms with van der Waals surface area (Å²) in [6.07, 6.45) is -7.65. The highest BCUT2D eigenvalue weighted by atomic mass is 35.5. The molecular formula is C10H6Cl4F4O2. The molecule has 0 aromatic heterocycles. The standard InChI is InChI=1S/C10H6Cl4F4O2/c11-7(12)9(15,16)19-5-1-2-6(4-3-5)20-10(17,18)8(13)14/h1-4,7-8H. The lowest BCUT2D eigenvalue weighted by Crippen LogP contribution is -2.32. The van der Waals surface area contributed by atoms with Gasteiger partial charge in [-0.1, -0.05) is 46.4 Å². The predicted octanol–water partition coefficient (Wildman–Crippen LogP) is 5.24. The summed E-state index contributed by atoms with van der Waals surface area (Å²) < 4.78 is 60.6. The average Bonchev–Trinajstić information content (AvgIpc) is 2.30. The van der Waals surface area contributed by atoms with Crippen molar-refractivity contribution < 1.29 is 27.0 Å². The van der Waals surface area contributed by atoms with Crippen molar-refractivity contribution in [2.75, 3.05) is 0 Å². The summed E-state index contributed by atoms with van der Waals surface area (Å²) in [5, 5.41) is 0. The highest BCUT2D eigenvalue weighted by molar-refractivity contribution is 6.45. The Morgan fingerprint density at radius 3 is 1.15 bits per heavy atom. The average molecular weight is 376 g/mol. The highest BCUT2D eigenvalue weighted by Gasteiger charge is 2.41. The molecule has 0 bridgehead atoms. The van der Waals surface area contributed by atoms with Crippen LogP contribution in [0.15, 0.2) is 24.3 Å². The molecule has 0 N–H and O–H groups in total. The van der Waals surface area contributed by atoms with Crippen LogP contribution in [0.2, 0.25) is 0 Å². The van der Waals surface area contributed by atoms with Crippen molar-refractivity contribution in [3.8, 4) is 11.5 Å². The van der Waals surface area contributed by atoms with E-state index in [1.165, 1.54) is 0 Å². The summed E-state index contributed by atoms with van der Waals surface area (Å²) in [7, 11) is 0. The molecule has 0 radical (unpaired) electrons. The largest absolute Gasteiger partial charge is 0.431 e. The van der Waals surface area contributed by atoms with Gasteiger partial charge in [0.05, 0.1) is 0 Å². The van der Waals surface area contributed by atoms with E-state index < -0.39 is 21.9 Å². The Kier molecular flexibility index (Phi) is 5.89. The molecule has 0 unspecified atom stereocenters. The third-order valence-corrected chi connectivity index (χ3v) is 2.86. The Labute approximate surface area is 131 Å². The molecule has 0 fully saturated rings. The summed E-state index contributed by atoms with van der Waals surface area (Å²) in [5.41, 5.74) is 0. The number of hydrogen-bond acceptors (Lipinski definition) is 2. The van der Waals surface area contributed by atoms with Gasteiger partial charge in [0, 0.05) is 0 Å². The molecule has 0 aliphatic heterocycles. The van der Waals surface area contributed by atoms with Crippen LogP contribution in [0, 0.1) is 0 Å². The van der Waals surface area contributed by atoms with E-state index in [4.69, 9.17) is 46.4 Å². The number of rotatable bonds is 6. The Morgan fingerprint density at radius 1 is 0.700 bits per heavy atom. The maximum Gasteiger partial charge on any atom is 0.428 e. The van der Waals surface area contributed by atoms with Crippen molar-refractivity contribution in [2.45, 2.75) is 21.9 Å². The van der Waals surface area contributed by atoms with Gasteiger partial charge in [0.1, 0.15) is 11.5 Å². The summed E-state index contributed by atoms with van der Waals surface area (Å²) >= 11 is 20.0. The summed E-state index contributed by atoms with van der Waals surface area (Å²) in [6, 6.07) is 3.86. The van der Waals surface area contributed by atoms with Crippen LogP contribution in [0.5, 0.6) is 11.5 Å². The number of alkyl halides is 8. The van der Waals surface area contributed by atoms with Gasteiger partial charge >= 0.3 is 12.2 Å². The fourth-order valence-corrected chi connectivity index (χ4v) is 1.16. The van der Waals surface area contributed by atoms with Gasteiger partial charge in [-0.05, 0) is 24.3 Å². The van der Waals surface area contributed by atoms with E-state index >= 15 is 0 Å². The van der Waals surface area contributed by atoms with Gasteiger partial charge in [-0.25, -0.2) is 0 Å². The Hall–Kier alpha value is -0.300. The van der Waals surface area contributed by atoms with E-state index in [-0.39, 0.29) is 11.5 Å². The van der Waals surface area contributed by atoms with Crippen molar-refractivity contribution in [1.82, 2.24) is 0 Å². The lowest BCUT2D eigenvalue weighted by atomic mass is 10.3. The third kappa shape index (κ3) is 4.91. The maximum absolute atomic E-state index is 13.0. The molecule has 2 nitrogen and oxygen atoms in total. The van der Waals surface area contributed by atoms with Gasteiger partial charge in [-0.3, -0.25) is 0 Å². The first kappa shape index (κ1) is 17.8. The van der Waals surface area contributed by atoms with Gasteiger partial charge in [-0.2, -0.15) is 17.6 Å². The zero-order chi connectivity index (χ0) is 15.6. The molecule has 10 heteroatoms. The number of halogens is 8. The lowest BCUT2D eigenvalue weighted by Gasteiger charge is -2.20. The van der Waals surface area contributed by atoms with Gasteiger partial charge in [-0.15, -0.1) is 0 Å². The van der Waals surface area contributed by atoms with E-state index in [2.05, 4.69) is 9.47 Å². The smallest absolute Gasteiger partial charge is 0.428 e. The van der Waals surface area contributed by atoms with E-state index in [0.29, 0.717) is 0 Å². The van der Waals surface area contributed by atoms with Crippen LogP contribution in [0.25, 0.3) is 0 Å². The minimum Gasteiger partial charge on any atom is -0.431 e. The minimum atomic E-state index is -3.83. The van der Waals surface area contributed by atoms with Gasteiger partial charge in [0.2, 0.25) is 9.67 Å². The van der Waals surface area contributed by atoms with Crippen molar-refractivity contribution in [2.24, 2.45) is 0 Å². The van der Waals surface area contributed by atoms with Crippen LogP contribution >= 0.6 is 46.4 Å². The summed E-state index contributed by atoms with van der Waals surface area (Å²) in [4.78, 5) is -4.17. The second-order valence-electron chi connectivity index (χ2n) is 3.40. The zero-order valence-electron chi connectivity index (χ0n) is 9.30. The van der Waals surface area contributed by atoms with Crippen LogP contribution in [0.1, 0.15) is 0 Å². The number of benzene rings is 1. The van der Waals surface area contributed by atoms with Gasteiger partial charge in [0.15, 0.2) is 0 Å². The van der Waals surface area contributed by atoms with E-state index in [1.807, 2.05) is 0 Å². The quantitative estimate of drug-likeness (QED) is 0.500. The first-order valence-electron chi connectivity index (χ1n) is 4.84. The van der Waals surface area contributed by atoms with Crippen molar-refractivity contribution >= 4 is 46.4 Å². The molecule has 1 rings (SSSR count). The molecule has 20 heavy (non-hydrogen) atoms. The molecular weight excluding hydrogens is 370 g/mol. The fraction of sp³-hybridized carbons (Fsp3) is 0.400. The zero-order valence-corrected chi connectivity index (χ0v) is 12.3. The normalized spacial score (nSPS) is 12.9. The molecule has 0 heterocycles. The Bertz CT molecular complexity index is 398. The topological polar surface area (TPSA) is 18.5 Å². The third-order valence-electron chi connectivity index (χ3n) is 1.84. The van der Waals surface area contributed by atoms with Crippen LogP contribution in [-0.4, -0.2) is 21.9 Å². The van der Waals surface area contributed by atoms with Crippen LogP contribution < -0.4 is 9.47 Å². The van der Waals surface area contributed by atoms with Gasteiger partial charge in [0.25, 0.3) is 0 Å². The molecule has 0 saturated carbocycles. The lowest BCUT2D eigenvalue weighted by molar-refractivity contribution is -0.166. The molecule has 0 spiro atoms. The molecule has 0 amide bonds. The molecule has 114 valence electrons. The molecule has 1 aromatic carbocycles. The van der Waals surface area contributed by atoms with E-state index in [9.17, 15) is 17.6 Å². The first-order chi connectivity index (χ1) is 9.04. The first-order valence-corrected chi connectivity index (χ1v) is 6.59. The predicted molar refractivity (Wildman–Crippen MR) is 68.6 cm³/mol. The van der Waals surface area contributed by atoms with Gasteiger partial charge < -0.3 is 9.47 Å². The summed E-state index contributed by atoms with van der Waals surface area (Å²) in [5.74, 6) is -0.685. The molecule has 0 saturated heterocycles. The SMILES string of the molecule is FC(F)(Oc1ccc(OC(F)(F)C(Cl)Cl)cc1)C(Cl)Cl. The van der Waals surface area contributed by atoms with E-state index in [1.54, 1.807) is 0 Å². The maximum atomic E-state index is 13.0. The Morgan fingerprint density at radius 2 is 0.950 bits per heavy atom. The molecule has 0 aliphatic carbocycles. The van der Waals surface area contributed by atoms with Crippen LogP contribution in [0.3, 0.4) is 0 Å². The highest BCUT2D eigenvalue weighted by Crippen LogP contribution is 2.33. The molecule has 0 aliphatic rings. The second kappa shape index (κ2) is 6.64. The minimum absolute atomic E-state index is 0.342. The van der Waals surface area contributed by atoms with Crippen molar-refractivity contribution in [3.05, 3.63) is 24.3 Å². The van der Waals surface area contributed by atoms with Crippen LogP contribution in [0.4, 0.5) is 17.6 Å². The molecule has 1 aromatic rings. The number of ether oxygens (including phenoxy) is 2. The Balaban J connectivity index is 2.75. The van der Waals surface area contributed by atoms with Crippen molar-refractivity contribution in [3.63, 3.8) is 0 Å².